The molecule has 1 aliphatic heterocycles. The van der Waals surface area contributed by atoms with Gasteiger partial charge >= 0.3 is 12.4 Å². The van der Waals surface area contributed by atoms with Crippen molar-refractivity contribution < 1.29 is 45.3 Å². The molecule has 0 spiro atoms. The highest BCUT2D eigenvalue weighted by Gasteiger charge is 2.48. The molecular weight excluding hydrogens is 513 g/mol. The van der Waals surface area contributed by atoms with E-state index in [1.54, 1.807) is 11.8 Å². The first-order valence-electron chi connectivity index (χ1n) is 10.9. The molecule has 0 amide bonds. The fourth-order valence-corrected chi connectivity index (χ4v) is 4.22. The number of H-pyrrole nitrogens is 1. The molecule has 37 heavy (non-hydrogen) atoms. The highest BCUT2D eigenvalue weighted by molar-refractivity contribution is 5.42. The second-order valence-electron chi connectivity index (χ2n) is 8.46. The molecule has 0 saturated carbocycles. The summed E-state index contributed by atoms with van der Waals surface area (Å²) >= 11 is 0. The molecule has 1 aromatic heterocycles. The molecule has 0 bridgehead atoms. The lowest BCUT2D eigenvalue weighted by molar-refractivity contribution is -0.225. The Labute approximate surface area is 205 Å². The Hall–Kier alpha value is -3.23. The third-order valence-corrected chi connectivity index (χ3v) is 6.13. The topological polar surface area (TPSA) is 83.5 Å². The minimum Gasteiger partial charge on any atom is -0.393 e. The predicted molar refractivity (Wildman–Crippen MR) is 115 cm³/mol. The maximum absolute atomic E-state index is 13.7. The lowest BCUT2D eigenvalue weighted by atomic mass is 9.87. The van der Waals surface area contributed by atoms with Crippen molar-refractivity contribution in [3.05, 3.63) is 76.9 Å². The first-order chi connectivity index (χ1) is 17.3. The number of hydrogen-bond acceptors (Lipinski definition) is 6. The van der Waals surface area contributed by atoms with Gasteiger partial charge in [0.15, 0.2) is 6.29 Å². The van der Waals surface area contributed by atoms with Crippen molar-refractivity contribution in [2.75, 3.05) is 24.7 Å². The van der Waals surface area contributed by atoms with Crippen molar-refractivity contribution in [1.82, 2.24) is 15.2 Å². The van der Waals surface area contributed by atoms with Crippen molar-refractivity contribution >= 4 is 5.95 Å². The van der Waals surface area contributed by atoms with Gasteiger partial charge in [0.2, 0.25) is 5.95 Å². The lowest BCUT2D eigenvalue weighted by Crippen LogP contribution is -2.60. The number of ether oxygens (including phenoxy) is 2. The average molecular weight is 534 g/mol. The maximum Gasteiger partial charge on any atom is 0.416 e. The molecular formula is C23H21F7N4O3. The van der Waals surface area contributed by atoms with E-state index in [1.807, 2.05) is 0 Å². The summed E-state index contributed by atoms with van der Waals surface area (Å²) < 4.78 is 106. The van der Waals surface area contributed by atoms with Crippen LogP contribution in [0.1, 0.15) is 35.3 Å². The van der Waals surface area contributed by atoms with E-state index in [2.05, 4.69) is 15.2 Å². The summed E-state index contributed by atoms with van der Waals surface area (Å²) in [6.45, 7) is 0.916. The number of benzene rings is 2. The van der Waals surface area contributed by atoms with E-state index in [0.29, 0.717) is 17.7 Å². The van der Waals surface area contributed by atoms with Crippen LogP contribution in [0.3, 0.4) is 0 Å². The third-order valence-electron chi connectivity index (χ3n) is 6.13. The van der Waals surface area contributed by atoms with Gasteiger partial charge < -0.3 is 19.5 Å². The number of aliphatic hydroxyl groups excluding tert-OH is 1. The van der Waals surface area contributed by atoms with E-state index in [1.165, 1.54) is 30.6 Å². The van der Waals surface area contributed by atoms with Crippen LogP contribution in [0.5, 0.6) is 0 Å². The van der Waals surface area contributed by atoms with Crippen LogP contribution >= 0.6 is 0 Å². The number of halogens is 7. The van der Waals surface area contributed by atoms with Crippen LogP contribution in [0, 0.1) is 5.82 Å². The van der Waals surface area contributed by atoms with Gasteiger partial charge in [0.05, 0.1) is 24.3 Å². The smallest absolute Gasteiger partial charge is 0.393 e. The van der Waals surface area contributed by atoms with Crippen LogP contribution in [0.25, 0.3) is 0 Å². The molecule has 3 aromatic rings. The van der Waals surface area contributed by atoms with Crippen molar-refractivity contribution in [3.63, 3.8) is 0 Å². The Kier molecular flexibility index (Phi) is 7.18. The molecule has 2 aromatic carbocycles. The molecule has 7 nitrogen and oxygen atoms in total. The zero-order chi connectivity index (χ0) is 27.0. The number of aromatic nitrogens is 3. The SMILES string of the molecule is C[C@]1(c2ccc(F)cc2)C(O[C@H](CO)c2cc(C(F)(F)F)cc(C(F)(F)F)c2)OCCN1c1ncn[nH]1. The number of aromatic amines is 1. The second-order valence-corrected chi connectivity index (χ2v) is 8.46. The first kappa shape index (κ1) is 26.8. The Bertz CT molecular complexity index is 1170. The lowest BCUT2D eigenvalue weighted by Gasteiger charge is -2.49. The Morgan fingerprint density at radius 3 is 2.24 bits per heavy atom. The largest absolute Gasteiger partial charge is 0.416 e. The van der Waals surface area contributed by atoms with Crippen molar-refractivity contribution in [2.45, 2.75) is 37.2 Å². The van der Waals surface area contributed by atoms with Crippen LogP contribution in [0.15, 0.2) is 48.8 Å². The molecule has 1 unspecified atom stereocenters. The number of aliphatic hydroxyl groups is 1. The number of hydrogen-bond donors (Lipinski definition) is 2. The molecule has 0 radical (unpaired) electrons. The van der Waals surface area contributed by atoms with E-state index < -0.39 is 59.4 Å². The van der Waals surface area contributed by atoms with Crippen LogP contribution in [0.4, 0.5) is 36.7 Å². The summed E-state index contributed by atoms with van der Waals surface area (Å²) in [7, 11) is 0. The number of rotatable bonds is 6. The molecule has 1 fully saturated rings. The van der Waals surface area contributed by atoms with Crippen LogP contribution in [-0.4, -0.2) is 46.3 Å². The van der Waals surface area contributed by atoms with Crippen LogP contribution < -0.4 is 4.90 Å². The van der Waals surface area contributed by atoms with Crippen molar-refractivity contribution in [1.29, 1.82) is 0 Å². The summed E-state index contributed by atoms with van der Waals surface area (Å²) in [5, 5.41) is 16.5. The Morgan fingerprint density at radius 1 is 1.11 bits per heavy atom. The maximum atomic E-state index is 13.7. The summed E-state index contributed by atoms with van der Waals surface area (Å²) in [4.78, 5) is 5.79. The van der Waals surface area contributed by atoms with Gasteiger partial charge in [-0.3, -0.25) is 0 Å². The van der Waals surface area contributed by atoms with Crippen molar-refractivity contribution in [2.24, 2.45) is 0 Å². The molecule has 3 atom stereocenters. The standard InChI is InChI=1S/C23H21F7N4O3/c1-21(14-2-4-17(24)5-3-14)19(36-7-6-34(21)20-31-12-32-33-20)37-18(11-35)13-8-15(22(25,26)27)10-16(9-13)23(28,29)30/h2-5,8-10,12,18-19,35H,6-7,11H2,1H3,(H,31,32,33)/t18-,19?,21+/m1/s1. The van der Waals surface area contributed by atoms with Gasteiger partial charge in [-0.05, 0) is 48.4 Å². The highest BCUT2D eigenvalue weighted by atomic mass is 19.4. The van der Waals surface area contributed by atoms with E-state index in [9.17, 15) is 35.8 Å². The van der Waals surface area contributed by atoms with Gasteiger partial charge in [0.1, 0.15) is 23.8 Å². The molecule has 200 valence electrons. The summed E-state index contributed by atoms with van der Waals surface area (Å²) in [6.07, 6.45) is -11.9. The molecule has 4 rings (SSSR count). The number of nitrogens with zero attached hydrogens (tertiary/aromatic N) is 3. The number of morpholine rings is 1. The van der Waals surface area contributed by atoms with Crippen LogP contribution in [0.2, 0.25) is 0 Å². The molecule has 1 saturated heterocycles. The van der Waals surface area contributed by atoms with Gasteiger partial charge in [0.25, 0.3) is 0 Å². The fraction of sp³-hybridized carbons (Fsp3) is 0.391. The van der Waals surface area contributed by atoms with Gasteiger partial charge in [0, 0.05) is 6.54 Å². The summed E-state index contributed by atoms with van der Waals surface area (Å²) in [6, 6.07) is 6.19. The molecule has 14 heteroatoms. The Morgan fingerprint density at radius 2 is 1.73 bits per heavy atom. The quantitative estimate of drug-likeness (QED) is 0.442. The first-order valence-corrected chi connectivity index (χ1v) is 10.9. The minimum atomic E-state index is -5.08. The van der Waals surface area contributed by atoms with Gasteiger partial charge in [-0.1, -0.05) is 12.1 Å². The monoisotopic (exact) mass is 534 g/mol. The van der Waals surface area contributed by atoms with E-state index in [0.717, 1.165) is 0 Å². The van der Waals surface area contributed by atoms with Gasteiger partial charge in [-0.25, -0.2) is 9.49 Å². The second kappa shape index (κ2) is 9.91. The highest BCUT2D eigenvalue weighted by Crippen LogP contribution is 2.42. The van der Waals surface area contributed by atoms with Crippen molar-refractivity contribution in [3.8, 4) is 0 Å². The number of nitrogens with one attached hydrogen (secondary N) is 1. The average Bonchev–Trinajstić information content (AvgIpc) is 3.37. The van der Waals surface area contributed by atoms with Crippen LogP contribution in [-0.2, 0) is 27.4 Å². The number of alkyl halides is 6. The molecule has 1 aliphatic rings. The van der Waals surface area contributed by atoms with E-state index >= 15 is 0 Å². The summed E-state index contributed by atoms with van der Waals surface area (Å²) in [5.41, 5.74) is -4.53. The summed E-state index contributed by atoms with van der Waals surface area (Å²) in [5.74, 6) is -0.271. The molecule has 2 N–H and O–H groups in total. The molecule has 0 aliphatic carbocycles. The predicted octanol–water partition coefficient (Wildman–Crippen LogP) is 4.81. The zero-order valence-electron chi connectivity index (χ0n) is 19.1. The fourth-order valence-electron chi connectivity index (χ4n) is 4.22. The van der Waals surface area contributed by atoms with Gasteiger partial charge in [-0.15, -0.1) is 0 Å². The zero-order valence-corrected chi connectivity index (χ0v) is 19.1. The molecule has 2 heterocycles. The van der Waals surface area contributed by atoms with E-state index in [4.69, 9.17) is 9.47 Å². The number of anilines is 1. The third kappa shape index (κ3) is 5.40. The van der Waals surface area contributed by atoms with E-state index in [-0.39, 0.29) is 25.2 Å². The minimum absolute atomic E-state index is 0.0106. The Balaban J connectivity index is 1.77. The normalized spacial score (nSPS) is 21.8. The van der Waals surface area contributed by atoms with Gasteiger partial charge in [-0.2, -0.15) is 36.4 Å².